The Bertz CT molecular complexity index is 1290. The fraction of sp³-hybridized carbons (Fsp3) is 0.318. The van der Waals surface area contributed by atoms with Gasteiger partial charge in [-0.1, -0.05) is 18.2 Å². The highest BCUT2D eigenvalue weighted by Gasteiger charge is 2.31. The number of esters is 1. The first-order valence-corrected chi connectivity index (χ1v) is 9.72. The van der Waals surface area contributed by atoms with Crippen molar-refractivity contribution in [3.63, 3.8) is 0 Å². The lowest BCUT2D eigenvalue weighted by Crippen LogP contribution is -2.39. The molecule has 0 unspecified atom stereocenters. The van der Waals surface area contributed by atoms with Crippen LogP contribution in [0.3, 0.4) is 0 Å². The van der Waals surface area contributed by atoms with Gasteiger partial charge in [-0.25, -0.2) is 4.79 Å². The van der Waals surface area contributed by atoms with Gasteiger partial charge in [0.2, 0.25) is 0 Å². The largest absolute Gasteiger partial charge is 0.573 e. The Balaban J connectivity index is 2.06. The molecule has 0 aliphatic rings. The maximum absolute atomic E-state index is 12.9. The number of carbonyl (C=O) groups excluding carboxylic acids is 1. The van der Waals surface area contributed by atoms with Gasteiger partial charge in [-0.15, -0.1) is 13.2 Å². The molecule has 10 heteroatoms. The second kappa shape index (κ2) is 8.89. The van der Waals surface area contributed by atoms with E-state index in [1.165, 1.54) is 36.7 Å². The molecule has 0 spiro atoms. The molecule has 0 saturated carbocycles. The number of benzene rings is 2. The number of nitrogens with zero attached hydrogens (tertiary/aromatic N) is 2. The third-order valence-electron chi connectivity index (χ3n) is 4.97. The third-order valence-corrected chi connectivity index (χ3v) is 4.97. The molecule has 3 aromatic rings. The summed E-state index contributed by atoms with van der Waals surface area (Å²) in [7, 11) is 1.52. The summed E-state index contributed by atoms with van der Waals surface area (Å²) in [6, 6.07) is 8.65. The van der Waals surface area contributed by atoms with E-state index in [0.29, 0.717) is 34.0 Å². The Morgan fingerprint density at radius 1 is 1.12 bits per heavy atom. The normalized spacial score (nSPS) is 11.6. The lowest BCUT2D eigenvalue weighted by atomic mass is 9.98. The van der Waals surface area contributed by atoms with E-state index in [0.717, 1.165) is 4.57 Å². The van der Waals surface area contributed by atoms with Gasteiger partial charge in [-0.05, 0) is 48.2 Å². The Labute approximate surface area is 180 Å². The molecule has 0 saturated heterocycles. The zero-order valence-corrected chi connectivity index (χ0v) is 17.7. The van der Waals surface area contributed by atoms with Crippen molar-refractivity contribution in [1.29, 1.82) is 0 Å². The van der Waals surface area contributed by atoms with Crippen LogP contribution in [0.2, 0.25) is 0 Å². The van der Waals surface area contributed by atoms with Crippen molar-refractivity contribution >= 4 is 16.9 Å². The van der Waals surface area contributed by atoms with E-state index in [4.69, 9.17) is 4.74 Å². The SMILES string of the molecule is CC(=O)OCCCn1c(=O)c2ccc(-c3cccc(OC(F)(F)F)c3)c(C)c2n(C)c1=O. The molecule has 32 heavy (non-hydrogen) atoms. The molecule has 1 aromatic heterocycles. The van der Waals surface area contributed by atoms with Crippen LogP contribution >= 0.6 is 0 Å². The van der Waals surface area contributed by atoms with Gasteiger partial charge in [-0.2, -0.15) is 0 Å². The van der Waals surface area contributed by atoms with E-state index < -0.39 is 23.6 Å². The van der Waals surface area contributed by atoms with E-state index in [2.05, 4.69) is 4.74 Å². The Morgan fingerprint density at radius 2 is 1.84 bits per heavy atom. The maximum Gasteiger partial charge on any atom is 0.573 e. The molecule has 0 atom stereocenters. The number of rotatable bonds is 6. The van der Waals surface area contributed by atoms with Crippen LogP contribution in [-0.2, 0) is 23.1 Å². The van der Waals surface area contributed by atoms with Crippen molar-refractivity contribution < 1.29 is 27.4 Å². The molecule has 1 heterocycles. The predicted octanol–water partition coefficient (Wildman–Crippen LogP) is 3.53. The van der Waals surface area contributed by atoms with Gasteiger partial charge >= 0.3 is 18.0 Å². The molecule has 0 radical (unpaired) electrons. The standard InChI is InChI=1S/C22H21F3N2O5/c1-13-17(15-6-4-7-16(12-15)32-22(23,24)25)8-9-18-19(13)26(3)21(30)27(20(18)29)10-5-11-31-14(2)28/h4,6-9,12H,5,10-11H2,1-3H3. The zero-order valence-electron chi connectivity index (χ0n) is 17.7. The first-order valence-electron chi connectivity index (χ1n) is 9.72. The average molecular weight is 450 g/mol. The Morgan fingerprint density at radius 3 is 2.50 bits per heavy atom. The molecule has 0 N–H and O–H groups in total. The van der Waals surface area contributed by atoms with Crippen molar-refractivity contribution in [1.82, 2.24) is 9.13 Å². The Hall–Kier alpha value is -3.56. The van der Waals surface area contributed by atoms with Crippen LogP contribution in [0.4, 0.5) is 13.2 Å². The van der Waals surface area contributed by atoms with E-state index in [1.807, 2.05) is 0 Å². The van der Waals surface area contributed by atoms with E-state index in [9.17, 15) is 27.6 Å². The molecule has 2 aromatic carbocycles. The number of hydrogen-bond donors (Lipinski definition) is 0. The first kappa shape index (κ1) is 23.1. The summed E-state index contributed by atoms with van der Waals surface area (Å²) in [6.45, 7) is 3.12. The van der Waals surface area contributed by atoms with Crippen LogP contribution < -0.4 is 16.0 Å². The smallest absolute Gasteiger partial charge is 0.466 e. The van der Waals surface area contributed by atoms with Gasteiger partial charge in [-0.3, -0.25) is 18.7 Å². The highest BCUT2D eigenvalue weighted by Crippen LogP contribution is 2.32. The highest BCUT2D eigenvalue weighted by molar-refractivity contribution is 5.88. The van der Waals surface area contributed by atoms with Gasteiger partial charge < -0.3 is 9.47 Å². The van der Waals surface area contributed by atoms with E-state index in [-0.39, 0.29) is 18.9 Å². The average Bonchev–Trinajstić information content (AvgIpc) is 2.70. The fourth-order valence-corrected chi connectivity index (χ4v) is 3.62. The van der Waals surface area contributed by atoms with Crippen LogP contribution in [0, 0.1) is 6.92 Å². The number of hydrogen-bond acceptors (Lipinski definition) is 5. The van der Waals surface area contributed by atoms with Crippen LogP contribution in [0.25, 0.3) is 22.0 Å². The number of alkyl halides is 3. The van der Waals surface area contributed by atoms with Crippen molar-refractivity contribution in [3.8, 4) is 16.9 Å². The topological polar surface area (TPSA) is 79.5 Å². The monoisotopic (exact) mass is 450 g/mol. The van der Waals surface area contributed by atoms with Gasteiger partial charge in [0.05, 0.1) is 17.5 Å². The lowest BCUT2D eigenvalue weighted by Gasteiger charge is -2.16. The van der Waals surface area contributed by atoms with Gasteiger partial charge in [0.25, 0.3) is 5.56 Å². The molecule has 0 aliphatic carbocycles. The van der Waals surface area contributed by atoms with Crippen LogP contribution in [0.15, 0.2) is 46.0 Å². The minimum absolute atomic E-state index is 0.0757. The van der Waals surface area contributed by atoms with E-state index in [1.54, 1.807) is 25.1 Å². The summed E-state index contributed by atoms with van der Waals surface area (Å²) in [4.78, 5) is 36.6. The predicted molar refractivity (Wildman–Crippen MR) is 112 cm³/mol. The quantitative estimate of drug-likeness (QED) is 0.424. The van der Waals surface area contributed by atoms with Gasteiger partial charge in [0, 0.05) is 20.5 Å². The minimum atomic E-state index is -4.82. The fourth-order valence-electron chi connectivity index (χ4n) is 3.62. The lowest BCUT2D eigenvalue weighted by molar-refractivity contribution is -0.274. The molecule has 7 nitrogen and oxygen atoms in total. The number of aromatic nitrogens is 2. The van der Waals surface area contributed by atoms with Crippen LogP contribution in [0.5, 0.6) is 5.75 Å². The molecule has 0 fully saturated rings. The summed E-state index contributed by atoms with van der Waals surface area (Å²) >= 11 is 0. The van der Waals surface area contributed by atoms with Crippen molar-refractivity contribution in [2.75, 3.05) is 6.61 Å². The summed E-state index contributed by atoms with van der Waals surface area (Å²) in [6.07, 6.45) is -4.52. The Kier molecular flexibility index (Phi) is 6.42. The van der Waals surface area contributed by atoms with Crippen molar-refractivity contribution in [2.24, 2.45) is 7.05 Å². The molecule has 3 rings (SSSR count). The summed E-state index contributed by atoms with van der Waals surface area (Å²) in [5.74, 6) is -0.816. The molecular weight excluding hydrogens is 429 g/mol. The van der Waals surface area contributed by atoms with E-state index >= 15 is 0 Å². The first-order chi connectivity index (χ1) is 15.0. The number of halogens is 3. The second-order valence-corrected chi connectivity index (χ2v) is 7.20. The summed E-state index contributed by atoms with van der Waals surface area (Å²) in [5.41, 5.74) is 0.928. The van der Waals surface area contributed by atoms with Crippen molar-refractivity contribution in [2.45, 2.75) is 33.2 Å². The van der Waals surface area contributed by atoms with Crippen molar-refractivity contribution in [3.05, 3.63) is 62.8 Å². The molecule has 0 bridgehead atoms. The molecule has 0 amide bonds. The van der Waals surface area contributed by atoms with Gasteiger partial charge in [0.15, 0.2) is 0 Å². The summed E-state index contributed by atoms with van der Waals surface area (Å²) in [5, 5.41) is 0.295. The summed E-state index contributed by atoms with van der Waals surface area (Å²) < 4.78 is 48.9. The minimum Gasteiger partial charge on any atom is -0.466 e. The number of ether oxygens (including phenoxy) is 2. The maximum atomic E-state index is 12.9. The number of carbonyl (C=O) groups is 1. The molecule has 170 valence electrons. The van der Waals surface area contributed by atoms with Crippen LogP contribution in [0.1, 0.15) is 18.9 Å². The molecule has 0 aliphatic heterocycles. The number of aryl methyl sites for hydroxylation is 2. The zero-order chi connectivity index (χ0) is 23.6. The number of fused-ring (bicyclic) bond motifs is 1. The molecular formula is C22H21F3N2O5. The third kappa shape index (κ3) is 4.84. The van der Waals surface area contributed by atoms with Crippen LogP contribution in [-0.4, -0.2) is 28.1 Å². The highest BCUT2D eigenvalue weighted by atomic mass is 19.4. The second-order valence-electron chi connectivity index (χ2n) is 7.20. The van der Waals surface area contributed by atoms with Gasteiger partial charge in [0.1, 0.15) is 5.75 Å².